The van der Waals surface area contributed by atoms with Crippen LogP contribution in [0.3, 0.4) is 0 Å². The van der Waals surface area contributed by atoms with E-state index in [0.29, 0.717) is 0 Å². The fourth-order valence-electron chi connectivity index (χ4n) is 2.00. The molecule has 0 atom stereocenters. The summed E-state index contributed by atoms with van der Waals surface area (Å²) >= 11 is 0. The molecule has 0 unspecified atom stereocenters. The molecule has 0 aliphatic carbocycles. The second-order valence-electron chi connectivity index (χ2n) is 4.60. The van der Waals surface area contributed by atoms with Crippen molar-refractivity contribution in [1.82, 2.24) is 9.78 Å². The maximum Gasteiger partial charge on any atom is 0.276 e. The normalized spacial score (nSPS) is 10.3. The van der Waals surface area contributed by atoms with Crippen LogP contribution in [0.15, 0.2) is 35.1 Å². The molecule has 0 aliphatic rings. The predicted molar refractivity (Wildman–Crippen MR) is 78.0 cm³/mol. The lowest BCUT2D eigenvalue weighted by molar-refractivity contribution is 0.102. The SMILES string of the molecule is CCc1cccc(C)c1NC(=O)c1ccc(=O)n(C)n1. The van der Waals surface area contributed by atoms with Gasteiger partial charge in [-0.15, -0.1) is 0 Å². The Labute approximate surface area is 117 Å². The number of nitrogens with zero attached hydrogens (tertiary/aromatic N) is 2. The molecule has 2 rings (SSSR count). The first-order valence-electron chi connectivity index (χ1n) is 6.47. The van der Waals surface area contributed by atoms with Crippen LogP contribution < -0.4 is 10.9 Å². The van der Waals surface area contributed by atoms with Gasteiger partial charge in [0.2, 0.25) is 0 Å². The Morgan fingerprint density at radius 2 is 2.05 bits per heavy atom. The molecule has 1 heterocycles. The van der Waals surface area contributed by atoms with Crippen LogP contribution in [0.2, 0.25) is 0 Å². The fraction of sp³-hybridized carbons (Fsp3) is 0.267. The van der Waals surface area contributed by atoms with Crippen LogP contribution in [0.25, 0.3) is 0 Å². The van der Waals surface area contributed by atoms with Gasteiger partial charge in [-0.05, 0) is 30.5 Å². The Balaban J connectivity index is 2.32. The average Bonchev–Trinajstić information content (AvgIpc) is 2.44. The highest BCUT2D eigenvalue weighted by molar-refractivity contribution is 6.03. The molecule has 2 aromatic rings. The van der Waals surface area contributed by atoms with E-state index in [1.807, 2.05) is 32.0 Å². The topological polar surface area (TPSA) is 64.0 Å². The Hall–Kier alpha value is -2.43. The van der Waals surface area contributed by atoms with E-state index in [9.17, 15) is 9.59 Å². The van der Waals surface area contributed by atoms with Crippen molar-refractivity contribution in [2.75, 3.05) is 5.32 Å². The second kappa shape index (κ2) is 5.69. The lowest BCUT2D eigenvalue weighted by atomic mass is 10.1. The van der Waals surface area contributed by atoms with Gasteiger partial charge < -0.3 is 5.32 Å². The maximum absolute atomic E-state index is 12.2. The van der Waals surface area contributed by atoms with E-state index < -0.39 is 0 Å². The zero-order chi connectivity index (χ0) is 14.7. The molecule has 0 fully saturated rings. The van der Waals surface area contributed by atoms with Crippen molar-refractivity contribution < 1.29 is 4.79 Å². The summed E-state index contributed by atoms with van der Waals surface area (Å²) in [4.78, 5) is 23.5. The van der Waals surface area contributed by atoms with E-state index in [-0.39, 0.29) is 17.2 Å². The molecule has 0 spiro atoms. The number of nitrogens with one attached hydrogen (secondary N) is 1. The van der Waals surface area contributed by atoms with Crippen molar-refractivity contribution >= 4 is 11.6 Å². The van der Waals surface area contributed by atoms with E-state index in [1.54, 1.807) is 0 Å². The molecule has 5 heteroatoms. The molecule has 1 aromatic heterocycles. The van der Waals surface area contributed by atoms with Crippen LogP contribution in [0.4, 0.5) is 5.69 Å². The smallest absolute Gasteiger partial charge is 0.276 e. The highest BCUT2D eigenvalue weighted by Crippen LogP contribution is 2.21. The number of para-hydroxylation sites is 1. The number of aromatic nitrogens is 2. The van der Waals surface area contributed by atoms with E-state index in [0.717, 1.165) is 27.9 Å². The first-order chi connectivity index (χ1) is 9.52. The minimum atomic E-state index is -0.315. The maximum atomic E-state index is 12.2. The largest absolute Gasteiger partial charge is 0.320 e. The van der Waals surface area contributed by atoms with Crippen LogP contribution in [-0.2, 0) is 13.5 Å². The minimum Gasteiger partial charge on any atom is -0.320 e. The summed E-state index contributed by atoms with van der Waals surface area (Å²) in [6, 6.07) is 8.66. The lowest BCUT2D eigenvalue weighted by Gasteiger charge is -2.12. The van der Waals surface area contributed by atoms with E-state index >= 15 is 0 Å². The number of hydrogen-bond acceptors (Lipinski definition) is 3. The minimum absolute atomic E-state index is 0.220. The molecular formula is C15H17N3O2. The van der Waals surface area contributed by atoms with Crippen LogP contribution >= 0.6 is 0 Å². The number of aryl methyl sites for hydroxylation is 3. The van der Waals surface area contributed by atoms with Crippen molar-refractivity contribution in [3.8, 4) is 0 Å². The van der Waals surface area contributed by atoms with Gasteiger partial charge in [-0.1, -0.05) is 25.1 Å². The van der Waals surface area contributed by atoms with Crippen LogP contribution in [0.5, 0.6) is 0 Å². The molecule has 0 radical (unpaired) electrons. The number of carbonyl (C=O) groups excluding carboxylic acids is 1. The summed E-state index contributed by atoms with van der Waals surface area (Å²) in [6.45, 7) is 3.98. The molecule has 20 heavy (non-hydrogen) atoms. The van der Waals surface area contributed by atoms with Crippen LogP contribution in [0.1, 0.15) is 28.5 Å². The summed E-state index contributed by atoms with van der Waals surface area (Å²) in [5.74, 6) is -0.315. The van der Waals surface area contributed by atoms with Crippen molar-refractivity contribution in [2.24, 2.45) is 7.05 Å². The summed E-state index contributed by atoms with van der Waals surface area (Å²) in [5, 5.41) is 6.82. The predicted octanol–water partition coefficient (Wildman–Crippen LogP) is 1.90. The first-order valence-corrected chi connectivity index (χ1v) is 6.47. The number of benzene rings is 1. The standard InChI is InChI=1S/C15H17N3O2/c1-4-11-7-5-6-10(2)14(11)16-15(20)12-8-9-13(19)18(3)17-12/h5-9H,4H2,1-3H3,(H,16,20). The second-order valence-corrected chi connectivity index (χ2v) is 4.60. The number of rotatable bonds is 3. The van der Waals surface area contributed by atoms with E-state index in [4.69, 9.17) is 0 Å². The number of anilines is 1. The summed E-state index contributed by atoms with van der Waals surface area (Å²) in [6.07, 6.45) is 0.831. The Morgan fingerprint density at radius 1 is 1.30 bits per heavy atom. The zero-order valence-electron chi connectivity index (χ0n) is 11.8. The van der Waals surface area contributed by atoms with Gasteiger partial charge in [0.25, 0.3) is 11.5 Å². The summed E-state index contributed by atoms with van der Waals surface area (Å²) in [7, 11) is 1.52. The van der Waals surface area contributed by atoms with Gasteiger partial charge in [-0.25, -0.2) is 4.68 Å². The van der Waals surface area contributed by atoms with Gasteiger partial charge in [0, 0.05) is 18.8 Å². The summed E-state index contributed by atoms with van der Waals surface area (Å²) in [5.41, 5.74) is 2.87. The highest BCUT2D eigenvalue weighted by atomic mass is 16.2. The number of amides is 1. The fourth-order valence-corrected chi connectivity index (χ4v) is 2.00. The molecular weight excluding hydrogens is 254 g/mol. The van der Waals surface area contributed by atoms with E-state index in [1.165, 1.54) is 19.2 Å². The van der Waals surface area contributed by atoms with Gasteiger partial charge in [0.15, 0.2) is 0 Å². The highest BCUT2D eigenvalue weighted by Gasteiger charge is 2.12. The monoisotopic (exact) mass is 271 g/mol. The van der Waals surface area contributed by atoms with Crippen LogP contribution in [-0.4, -0.2) is 15.7 Å². The van der Waals surface area contributed by atoms with Gasteiger partial charge in [-0.2, -0.15) is 5.10 Å². The first kappa shape index (κ1) is 14.0. The van der Waals surface area contributed by atoms with Crippen molar-refractivity contribution in [2.45, 2.75) is 20.3 Å². The van der Waals surface area contributed by atoms with Crippen molar-refractivity contribution in [3.05, 3.63) is 57.5 Å². The third kappa shape index (κ3) is 2.77. The number of carbonyl (C=O) groups is 1. The van der Waals surface area contributed by atoms with Gasteiger partial charge in [0.1, 0.15) is 5.69 Å². The van der Waals surface area contributed by atoms with Gasteiger partial charge >= 0.3 is 0 Å². The van der Waals surface area contributed by atoms with Crippen molar-refractivity contribution in [3.63, 3.8) is 0 Å². The van der Waals surface area contributed by atoms with Gasteiger partial charge in [0.05, 0.1) is 0 Å². The Kier molecular flexibility index (Phi) is 3.98. The molecule has 0 saturated heterocycles. The summed E-state index contributed by atoms with van der Waals surface area (Å²) < 4.78 is 1.15. The molecule has 0 bridgehead atoms. The third-order valence-corrected chi connectivity index (χ3v) is 3.17. The van der Waals surface area contributed by atoms with Crippen LogP contribution in [0, 0.1) is 6.92 Å². The lowest BCUT2D eigenvalue weighted by Crippen LogP contribution is -2.24. The van der Waals surface area contributed by atoms with Crippen molar-refractivity contribution in [1.29, 1.82) is 0 Å². The quantitative estimate of drug-likeness (QED) is 0.927. The molecule has 104 valence electrons. The molecule has 1 amide bonds. The Bertz CT molecular complexity index is 705. The molecule has 0 saturated carbocycles. The third-order valence-electron chi connectivity index (χ3n) is 3.17. The van der Waals surface area contributed by atoms with E-state index in [2.05, 4.69) is 10.4 Å². The molecule has 0 aliphatic heterocycles. The number of hydrogen-bond donors (Lipinski definition) is 1. The molecule has 5 nitrogen and oxygen atoms in total. The van der Waals surface area contributed by atoms with Gasteiger partial charge in [-0.3, -0.25) is 9.59 Å². The average molecular weight is 271 g/mol. The Morgan fingerprint density at radius 3 is 2.70 bits per heavy atom. The zero-order valence-corrected chi connectivity index (χ0v) is 11.8. The molecule has 1 N–H and O–H groups in total. The molecule has 1 aromatic carbocycles.